The number of rotatable bonds is 5. The zero-order valence-electron chi connectivity index (χ0n) is 21.9. The van der Waals surface area contributed by atoms with Crippen molar-refractivity contribution in [2.75, 3.05) is 37.4 Å². The van der Waals surface area contributed by atoms with Crippen LogP contribution >= 0.6 is 23.2 Å². The van der Waals surface area contributed by atoms with E-state index >= 15 is 0 Å². The van der Waals surface area contributed by atoms with Gasteiger partial charge in [-0.2, -0.15) is 0 Å². The van der Waals surface area contributed by atoms with Crippen molar-refractivity contribution in [3.05, 3.63) is 81.0 Å². The number of benzene rings is 2. The lowest BCUT2D eigenvalue weighted by atomic mass is 10.0. The first-order valence-electron chi connectivity index (χ1n) is 12.8. The smallest absolute Gasteiger partial charge is 0.281 e. The van der Waals surface area contributed by atoms with Crippen LogP contribution in [0.3, 0.4) is 0 Å². The number of halogens is 2. The number of hydrogen-bond acceptors (Lipinski definition) is 7. The first kappa shape index (κ1) is 25.6. The molecule has 9 nitrogen and oxygen atoms in total. The Morgan fingerprint density at radius 1 is 1.05 bits per heavy atom. The molecule has 1 aliphatic rings. The number of aromatic nitrogens is 5. The van der Waals surface area contributed by atoms with E-state index in [1.54, 1.807) is 35.1 Å². The van der Waals surface area contributed by atoms with E-state index in [1.165, 1.54) is 22.1 Å². The van der Waals surface area contributed by atoms with Gasteiger partial charge in [0, 0.05) is 49.1 Å². The second kappa shape index (κ2) is 10.1. The molecule has 1 saturated heterocycles. The van der Waals surface area contributed by atoms with E-state index in [0.717, 1.165) is 31.6 Å². The fraction of sp³-hybridized carbons (Fsp3) is 0.286. The van der Waals surface area contributed by atoms with Gasteiger partial charge in [0.1, 0.15) is 11.2 Å². The van der Waals surface area contributed by atoms with Crippen molar-refractivity contribution >= 4 is 57.1 Å². The zero-order valence-corrected chi connectivity index (χ0v) is 23.4. The number of nitrogens with one attached hydrogen (secondary N) is 1. The van der Waals surface area contributed by atoms with Crippen LogP contribution in [0.1, 0.15) is 18.4 Å². The molecule has 0 amide bonds. The van der Waals surface area contributed by atoms with Gasteiger partial charge >= 0.3 is 0 Å². The summed E-state index contributed by atoms with van der Waals surface area (Å²) in [7, 11) is 4.31. The van der Waals surface area contributed by atoms with E-state index in [4.69, 9.17) is 23.2 Å². The summed E-state index contributed by atoms with van der Waals surface area (Å²) in [6, 6.07) is 12.0. The van der Waals surface area contributed by atoms with Gasteiger partial charge < -0.3 is 15.1 Å². The van der Waals surface area contributed by atoms with Gasteiger partial charge in [0.05, 0.1) is 15.4 Å². The highest BCUT2D eigenvalue weighted by atomic mass is 35.5. The Balaban J connectivity index is 1.33. The van der Waals surface area contributed by atoms with Gasteiger partial charge in [-0.3, -0.25) is 4.79 Å². The van der Waals surface area contributed by atoms with Crippen LogP contribution < -0.4 is 15.8 Å². The Labute approximate surface area is 235 Å². The van der Waals surface area contributed by atoms with Crippen LogP contribution in [0.4, 0.5) is 17.3 Å². The third-order valence-corrected chi connectivity index (χ3v) is 8.01. The van der Waals surface area contributed by atoms with Crippen molar-refractivity contribution in [2.45, 2.75) is 25.8 Å². The highest BCUT2D eigenvalue weighted by Gasteiger charge is 2.22. The molecule has 2 aromatic carbocycles. The second-order valence-corrected chi connectivity index (χ2v) is 10.9. The number of anilines is 3. The molecule has 0 aliphatic carbocycles. The van der Waals surface area contributed by atoms with Crippen LogP contribution in [0.15, 0.2) is 59.8 Å². The van der Waals surface area contributed by atoms with Crippen LogP contribution in [0.25, 0.3) is 22.2 Å². The van der Waals surface area contributed by atoms with Crippen LogP contribution in [0.5, 0.6) is 0 Å². The van der Waals surface area contributed by atoms with Crippen molar-refractivity contribution in [2.24, 2.45) is 0 Å². The monoisotopic (exact) mass is 562 g/mol. The van der Waals surface area contributed by atoms with Crippen LogP contribution in [0, 0.1) is 6.92 Å². The summed E-state index contributed by atoms with van der Waals surface area (Å²) in [6.45, 7) is 4.21. The molecule has 39 heavy (non-hydrogen) atoms. The van der Waals surface area contributed by atoms with Gasteiger partial charge in [-0.1, -0.05) is 29.3 Å². The van der Waals surface area contributed by atoms with E-state index in [0.29, 0.717) is 44.3 Å². The maximum atomic E-state index is 13.6. The number of piperidine rings is 1. The summed E-state index contributed by atoms with van der Waals surface area (Å²) in [5, 5.41) is 4.30. The molecule has 0 bridgehead atoms. The van der Waals surface area contributed by atoms with E-state index < -0.39 is 0 Å². The fourth-order valence-electron chi connectivity index (χ4n) is 5.35. The molecule has 11 heteroatoms. The zero-order chi connectivity index (χ0) is 27.3. The summed E-state index contributed by atoms with van der Waals surface area (Å²) in [5.41, 5.74) is 4.23. The molecule has 3 aromatic heterocycles. The molecule has 200 valence electrons. The first-order valence-corrected chi connectivity index (χ1v) is 13.6. The quantitative estimate of drug-likeness (QED) is 0.310. The van der Waals surface area contributed by atoms with Gasteiger partial charge in [0.25, 0.3) is 5.56 Å². The predicted octanol–water partition coefficient (Wildman–Crippen LogP) is 5.32. The van der Waals surface area contributed by atoms with Gasteiger partial charge in [-0.25, -0.2) is 24.1 Å². The van der Waals surface area contributed by atoms with Crippen LogP contribution in [-0.2, 0) is 0 Å². The predicted molar refractivity (Wildman–Crippen MR) is 157 cm³/mol. The summed E-state index contributed by atoms with van der Waals surface area (Å²) in [5.74, 6) is 0.374. The largest absolute Gasteiger partial charge is 0.371 e. The van der Waals surface area contributed by atoms with Crippen molar-refractivity contribution in [3.8, 4) is 5.69 Å². The topological polar surface area (TPSA) is 83.6 Å². The van der Waals surface area contributed by atoms with Crippen LogP contribution in [0.2, 0.25) is 10.0 Å². The Morgan fingerprint density at radius 2 is 1.79 bits per heavy atom. The molecule has 0 spiro atoms. The molecular weight excluding hydrogens is 535 g/mol. The van der Waals surface area contributed by atoms with E-state index in [9.17, 15) is 4.79 Å². The molecule has 1 aliphatic heterocycles. The molecule has 5 aromatic rings. The molecular formula is C28H28Cl2N8O. The minimum absolute atomic E-state index is 0.308. The van der Waals surface area contributed by atoms with Crippen molar-refractivity contribution < 1.29 is 0 Å². The lowest BCUT2D eigenvalue weighted by Crippen LogP contribution is -2.42. The van der Waals surface area contributed by atoms with E-state index in [1.807, 2.05) is 6.07 Å². The van der Waals surface area contributed by atoms with Crippen molar-refractivity contribution in [3.63, 3.8) is 0 Å². The average Bonchev–Trinajstić information content (AvgIpc) is 3.40. The minimum atomic E-state index is -0.352. The second-order valence-electron chi connectivity index (χ2n) is 10.0. The molecule has 4 heterocycles. The third kappa shape index (κ3) is 4.60. The molecule has 6 rings (SSSR count). The van der Waals surface area contributed by atoms with Crippen molar-refractivity contribution in [1.29, 1.82) is 0 Å². The molecule has 1 N–H and O–H groups in total. The normalized spacial score (nSPS) is 14.6. The molecule has 1 fully saturated rings. The number of aryl methyl sites for hydroxylation is 1. The Bertz CT molecular complexity index is 1730. The number of para-hydroxylation sites is 1. The number of fused-ring (bicyclic) bond motifs is 3. The van der Waals surface area contributed by atoms with Crippen molar-refractivity contribution in [1.82, 2.24) is 29.0 Å². The van der Waals surface area contributed by atoms with Gasteiger partial charge in [-0.15, -0.1) is 0 Å². The third-order valence-electron chi connectivity index (χ3n) is 7.40. The maximum absolute atomic E-state index is 13.6. The average molecular weight is 563 g/mol. The SMILES string of the molecule is Cc1cc(Nc2ncc3c(=O)n(-c4c(Cl)cccc4Cl)n4ccnc4c3n2)ccc1N1CCC(N(C)C)CC1. The summed E-state index contributed by atoms with van der Waals surface area (Å²) >= 11 is 12.9. The van der Waals surface area contributed by atoms with Gasteiger partial charge in [-0.05, 0) is 69.8 Å². The highest BCUT2D eigenvalue weighted by Crippen LogP contribution is 2.30. The number of imidazole rings is 1. The number of nitrogens with zero attached hydrogens (tertiary/aromatic N) is 7. The summed E-state index contributed by atoms with van der Waals surface area (Å²) in [4.78, 5) is 32.0. The van der Waals surface area contributed by atoms with Gasteiger partial charge in [0.2, 0.25) is 5.95 Å². The minimum Gasteiger partial charge on any atom is -0.371 e. The molecule has 0 radical (unpaired) electrons. The van der Waals surface area contributed by atoms with E-state index in [2.05, 4.69) is 63.2 Å². The Hall–Kier alpha value is -3.66. The maximum Gasteiger partial charge on any atom is 0.281 e. The Morgan fingerprint density at radius 3 is 2.49 bits per heavy atom. The van der Waals surface area contributed by atoms with Gasteiger partial charge in [0.15, 0.2) is 5.65 Å². The standard InChI is InChI=1S/C28H28Cl2N8O/c1-17-15-18(7-8-23(17)36-12-9-19(10-13-36)35(2)3)33-28-32-16-20-24(34-28)26-31-11-14-37(26)38(27(20)39)25-21(29)5-4-6-22(25)30/h4-8,11,14-16,19H,9-10,12-13H2,1-3H3,(H,32,33,34). The Kier molecular flexibility index (Phi) is 6.66. The fourth-order valence-corrected chi connectivity index (χ4v) is 5.91. The molecule has 0 saturated carbocycles. The summed E-state index contributed by atoms with van der Waals surface area (Å²) < 4.78 is 3.00. The summed E-state index contributed by atoms with van der Waals surface area (Å²) in [6.07, 6.45) is 7.11. The highest BCUT2D eigenvalue weighted by molar-refractivity contribution is 6.37. The lowest BCUT2D eigenvalue weighted by molar-refractivity contribution is 0.249. The van der Waals surface area contributed by atoms with Crippen LogP contribution in [-0.4, -0.2) is 62.3 Å². The lowest BCUT2D eigenvalue weighted by Gasteiger charge is -2.37. The molecule has 0 unspecified atom stereocenters. The van der Waals surface area contributed by atoms with E-state index in [-0.39, 0.29) is 5.56 Å². The number of hydrogen-bond donors (Lipinski definition) is 1. The first-order chi connectivity index (χ1) is 18.8. The molecule has 0 atom stereocenters.